The zero-order valence-corrected chi connectivity index (χ0v) is 34.3. The molecule has 4 aromatic rings. The first-order valence-electron chi connectivity index (χ1n) is 19.2. The van der Waals surface area contributed by atoms with Crippen LogP contribution < -0.4 is 26.0 Å². The van der Waals surface area contributed by atoms with Crippen LogP contribution in [0.3, 0.4) is 0 Å². The van der Waals surface area contributed by atoms with Crippen LogP contribution in [-0.2, 0) is 35.5 Å². The highest BCUT2D eigenvalue weighted by molar-refractivity contribution is 7.43. The number of benzene rings is 2. The Labute approximate surface area is 325 Å². The Morgan fingerprint density at radius 2 is 1.81 bits per heavy atom. The number of allylic oxidation sites excluding steroid dienone is 1. The van der Waals surface area contributed by atoms with Crippen molar-refractivity contribution >= 4 is 38.1 Å². The van der Waals surface area contributed by atoms with E-state index in [1.807, 2.05) is 0 Å². The van der Waals surface area contributed by atoms with Crippen LogP contribution in [0.2, 0.25) is 0 Å². The fourth-order valence-corrected chi connectivity index (χ4v) is 8.54. The molecule has 9 nitrogen and oxygen atoms in total. The van der Waals surface area contributed by atoms with Crippen molar-refractivity contribution in [2.75, 3.05) is 19.0 Å². The summed E-state index contributed by atoms with van der Waals surface area (Å²) >= 11 is 0. The molecule has 282 valence electrons. The highest BCUT2D eigenvalue weighted by Crippen LogP contribution is 2.45. The first-order chi connectivity index (χ1) is 25.9. The van der Waals surface area contributed by atoms with Crippen LogP contribution in [-0.4, -0.2) is 54.1 Å². The van der Waals surface area contributed by atoms with Crippen LogP contribution in [0.5, 0.6) is 5.88 Å². The summed E-state index contributed by atoms with van der Waals surface area (Å²) in [5.74, 6) is 0.749. The van der Waals surface area contributed by atoms with Gasteiger partial charge in [-0.1, -0.05) is 56.0 Å². The summed E-state index contributed by atoms with van der Waals surface area (Å²) in [6.45, 7) is 10.4. The molecule has 0 bridgehead atoms. The molecular weight excluding hydrogens is 709 g/mol. The molecule has 3 unspecified atom stereocenters. The van der Waals surface area contributed by atoms with Crippen molar-refractivity contribution in [2.45, 2.75) is 94.3 Å². The molecule has 4 atom stereocenters. The van der Waals surface area contributed by atoms with E-state index in [2.05, 4.69) is 123 Å². The van der Waals surface area contributed by atoms with Gasteiger partial charge in [-0.05, 0) is 102 Å². The third-order valence-corrected chi connectivity index (χ3v) is 12.0. The summed E-state index contributed by atoms with van der Waals surface area (Å²) in [6.07, 6.45) is 6.14. The number of aliphatic carboxylic acids is 1. The predicted octanol–water partition coefficient (Wildman–Crippen LogP) is 6.35. The van der Waals surface area contributed by atoms with Crippen LogP contribution in [0.1, 0.15) is 84.1 Å². The van der Waals surface area contributed by atoms with Gasteiger partial charge in [-0.2, -0.15) is 0 Å². The van der Waals surface area contributed by atoms with Gasteiger partial charge >= 0.3 is 5.97 Å². The first kappa shape index (κ1) is 38.5. The molecule has 12 heteroatoms. The lowest BCUT2D eigenvalue weighted by atomic mass is 9.90. The lowest BCUT2D eigenvalue weighted by Crippen LogP contribution is -2.38. The largest absolute Gasteiger partial charge is 0.481 e. The topological polar surface area (TPSA) is 120 Å². The average Bonchev–Trinajstić information content (AvgIpc) is 3.68. The Kier molecular flexibility index (Phi) is 11.2. The fourth-order valence-electron chi connectivity index (χ4n) is 8.10. The number of nitrogens with zero attached hydrogens (tertiary/aromatic N) is 2. The molecule has 7 rings (SSSR count). The quantitative estimate of drug-likeness (QED) is 0.0698. The molecule has 2 aromatic heterocycles. The van der Waals surface area contributed by atoms with E-state index >= 15 is 0 Å². The molecule has 1 saturated carbocycles. The van der Waals surface area contributed by atoms with Crippen LogP contribution in [0, 0.1) is 6.92 Å². The van der Waals surface area contributed by atoms with Crippen LogP contribution >= 0.6 is 18.5 Å². The van der Waals surface area contributed by atoms with E-state index in [0.717, 1.165) is 83.8 Å². The summed E-state index contributed by atoms with van der Waals surface area (Å²) in [5.41, 5.74) is 12.8. The number of carboxylic acid groups (broad SMARTS) is 1. The third-order valence-electron chi connectivity index (χ3n) is 11.4. The second-order valence-electron chi connectivity index (χ2n) is 15.4. The highest BCUT2D eigenvalue weighted by atomic mass is 31.1. The van der Waals surface area contributed by atoms with Gasteiger partial charge in [0.15, 0.2) is 0 Å². The van der Waals surface area contributed by atoms with Crippen molar-refractivity contribution in [1.82, 2.24) is 25.9 Å². The summed E-state index contributed by atoms with van der Waals surface area (Å²) < 4.78 is 5.79. The Bertz CT molecular complexity index is 2080. The number of methoxy groups -OCH3 is 1. The van der Waals surface area contributed by atoms with Crippen molar-refractivity contribution in [1.29, 1.82) is 0 Å². The van der Waals surface area contributed by atoms with Gasteiger partial charge in [-0.25, -0.2) is 9.97 Å². The van der Waals surface area contributed by atoms with Crippen LogP contribution in [0.4, 0.5) is 5.82 Å². The second-order valence-corrected chi connectivity index (χ2v) is 18.5. The molecule has 2 aromatic carbocycles. The standard InChI is InChI=1S/C42H53BN6O3P2/c1-5-35-27(22-45-41(18-19-41)40(50)51)20-34(42(43,53)54)38(47-35)48-37-17-15-32-31(10-7-11-33(32)37)29-8-6-9-30(25(29)3)36-16-13-26(39(49-36)52-4)21-44-23-28-14-12-24(2)46-28/h6-11,13,16,20,28,37,44-46H,2,5,12,14-15,17-19,21-23,43,53-54H2,1,3-4H3,(H,47,48)(H,50,51)/t28?,37-/m0/s1. The Morgan fingerprint density at radius 1 is 1.06 bits per heavy atom. The number of hydrogen-bond donors (Lipinski definition) is 5. The number of pyridine rings is 2. The molecule has 3 heterocycles. The molecule has 1 saturated heterocycles. The van der Waals surface area contributed by atoms with Crippen molar-refractivity contribution in [3.8, 4) is 28.3 Å². The molecule has 2 fully saturated rings. The van der Waals surface area contributed by atoms with Crippen LogP contribution in [0.15, 0.2) is 66.9 Å². The van der Waals surface area contributed by atoms with Crippen molar-refractivity contribution < 1.29 is 14.6 Å². The minimum atomic E-state index is -0.800. The van der Waals surface area contributed by atoms with E-state index < -0.39 is 11.5 Å². The van der Waals surface area contributed by atoms with E-state index in [0.29, 0.717) is 37.9 Å². The smallest absolute Gasteiger partial charge is 0.323 e. The molecule has 3 aliphatic rings. The molecular formula is C42H53BN6O3P2. The lowest BCUT2D eigenvalue weighted by Gasteiger charge is -2.27. The van der Waals surface area contributed by atoms with E-state index in [1.165, 1.54) is 27.8 Å². The molecule has 5 N–H and O–H groups in total. The lowest BCUT2D eigenvalue weighted by molar-refractivity contribution is -0.140. The maximum absolute atomic E-state index is 11.8. The zero-order chi connectivity index (χ0) is 38.2. The number of nitrogens with one attached hydrogen (secondary N) is 4. The minimum absolute atomic E-state index is 0.109. The normalized spacial score (nSPS) is 18.6. The van der Waals surface area contributed by atoms with Gasteiger partial charge in [-0.3, -0.25) is 10.1 Å². The van der Waals surface area contributed by atoms with Gasteiger partial charge in [0.05, 0.1) is 18.8 Å². The van der Waals surface area contributed by atoms with Gasteiger partial charge in [0.1, 0.15) is 19.2 Å². The van der Waals surface area contributed by atoms with Crippen molar-refractivity contribution in [2.24, 2.45) is 0 Å². The summed E-state index contributed by atoms with van der Waals surface area (Å²) in [7, 11) is 9.71. The fraction of sp³-hybridized carbons (Fsp3) is 0.405. The van der Waals surface area contributed by atoms with Crippen LogP contribution in [0.25, 0.3) is 22.4 Å². The van der Waals surface area contributed by atoms with E-state index in [4.69, 9.17) is 14.7 Å². The predicted molar refractivity (Wildman–Crippen MR) is 228 cm³/mol. The summed E-state index contributed by atoms with van der Waals surface area (Å²) in [6, 6.07) is 20.1. The van der Waals surface area contributed by atoms with Gasteiger partial charge in [0.25, 0.3) is 0 Å². The average molecular weight is 763 g/mol. The van der Waals surface area contributed by atoms with Crippen molar-refractivity contribution in [3.05, 3.63) is 106 Å². The van der Waals surface area contributed by atoms with E-state index in [9.17, 15) is 9.90 Å². The highest BCUT2D eigenvalue weighted by Gasteiger charge is 2.50. The molecule has 2 aliphatic carbocycles. The number of aryl methyl sites for hydroxylation is 1. The molecule has 0 radical (unpaired) electrons. The number of carboxylic acids is 1. The number of ether oxygens (including phenoxy) is 1. The number of hydrogen-bond acceptors (Lipinski definition) is 8. The maximum Gasteiger partial charge on any atom is 0.323 e. The molecule has 0 amide bonds. The SMILES string of the molecule is BC(P)(P)c1cc(CNC2(C(=O)O)CC2)c(CC)nc1N[C@H]1CCc2c(-c3cccc(-c4ccc(CNCC5CCC(=C)N5)c(OC)n4)c3C)cccc21. The second kappa shape index (κ2) is 15.7. The van der Waals surface area contributed by atoms with E-state index in [-0.39, 0.29) is 10.8 Å². The van der Waals surface area contributed by atoms with Gasteiger partial charge < -0.3 is 25.8 Å². The molecule has 0 spiro atoms. The number of fused-ring (bicyclic) bond motifs is 1. The van der Waals surface area contributed by atoms with E-state index in [1.54, 1.807) is 7.11 Å². The summed E-state index contributed by atoms with van der Waals surface area (Å²) in [4.78, 5) is 21.7. The first-order valence-corrected chi connectivity index (χ1v) is 20.3. The number of rotatable bonds is 15. The van der Waals surface area contributed by atoms with Gasteiger partial charge in [-0.15, -0.1) is 18.5 Å². The van der Waals surface area contributed by atoms with Gasteiger partial charge in [0.2, 0.25) is 5.88 Å². The number of carbonyl (C=O) groups is 1. The monoisotopic (exact) mass is 762 g/mol. The zero-order valence-electron chi connectivity index (χ0n) is 31.9. The third kappa shape index (κ3) is 7.95. The number of anilines is 1. The van der Waals surface area contributed by atoms with Crippen molar-refractivity contribution in [3.63, 3.8) is 0 Å². The van der Waals surface area contributed by atoms with Gasteiger partial charge in [0, 0.05) is 53.8 Å². The maximum atomic E-state index is 11.8. The molecule has 54 heavy (non-hydrogen) atoms. The Morgan fingerprint density at radius 3 is 2.50 bits per heavy atom. The Hall–Kier alpha value is -3.81. The summed E-state index contributed by atoms with van der Waals surface area (Å²) in [5, 5.41) is 23.9. The molecule has 1 aliphatic heterocycles. The Balaban J connectivity index is 1.13. The number of aromatic nitrogens is 2. The minimum Gasteiger partial charge on any atom is -0.481 e.